The Morgan fingerprint density at radius 1 is 0.889 bits per heavy atom. The van der Waals surface area contributed by atoms with E-state index in [4.69, 9.17) is 14.2 Å². The summed E-state index contributed by atoms with van der Waals surface area (Å²) in [5, 5.41) is 16.3. The van der Waals surface area contributed by atoms with E-state index < -0.39 is 0 Å². The first kappa shape index (κ1) is 22.7. The molecule has 27 heavy (non-hydrogen) atoms. The number of rotatable bonds is 7. The highest BCUT2D eigenvalue weighted by atomic mass is 127. The van der Waals surface area contributed by atoms with E-state index in [0.29, 0.717) is 30.4 Å². The molecule has 2 aromatic carbocycles. The minimum atomic E-state index is 0. The van der Waals surface area contributed by atoms with Crippen molar-refractivity contribution >= 4 is 29.9 Å². The summed E-state index contributed by atoms with van der Waals surface area (Å²) < 4.78 is 15.8. The van der Waals surface area contributed by atoms with Crippen molar-refractivity contribution in [1.82, 2.24) is 10.6 Å². The number of hydrogen-bond donors (Lipinski definition) is 3. The predicted octanol–water partition coefficient (Wildman–Crippen LogP) is 2.90. The summed E-state index contributed by atoms with van der Waals surface area (Å²) in [7, 11) is 6.52. The van der Waals surface area contributed by atoms with Crippen molar-refractivity contribution in [3.8, 4) is 23.0 Å². The van der Waals surface area contributed by atoms with E-state index in [1.54, 1.807) is 46.6 Å². The van der Waals surface area contributed by atoms with Crippen molar-refractivity contribution in [3.05, 3.63) is 47.5 Å². The number of aromatic hydroxyl groups is 1. The summed E-state index contributed by atoms with van der Waals surface area (Å²) in [5.41, 5.74) is 1.69. The topological polar surface area (TPSA) is 84.3 Å². The average Bonchev–Trinajstić information content (AvgIpc) is 2.69. The van der Waals surface area contributed by atoms with Crippen LogP contribution in [0.3, 0.4) is 0 Å². The van der Waals surface area contributed by atoms with Gasteiger partial charge in [-0.05, 0) is 30.3 Å². The Morgan fingerprint density at radius 3 is 2.07 bits per heavy atom. The summed E-state index contributed by atoms with van der Waals surface area (Å²) in [6.07, 6.45) is 0. The number of methoxy groups -OCH3 is 3. The van der Waals surface area contributed by atoms with Gasteiger partial charge in [-0.25, -0.2) is 0 Å². The van der Waals surface area contributed by atoms with Gasteiger partial charge in [0.15, 0.2) is 5.96 Å². The Balaban J connectivity index is 0.00000364. The maximum absolute atomic E-state index is 9.96. The Labute approximate surface area is 176 Å². The van der Waals surface area contributed by atoms with Crippen LogP contribution in [0.25, 0.3) is 0 Å². The molecule has 0 radical (unpaired) electrons. The fourth-order valence-electron chi connectivity index (χ4n) is 2.41. The van der Waals surface area contributed by atoms with Gasteiger partial charge in [0.1, 0.15) is 23.0 Å². The highest BCUT2D eigenvalue weighted by molar-refractivity contribution is 14.0. The zero-order valence-corrected chi connectivity index (χ0v) is 18.2. The van der Waals surface area contributed by atoms with Crippen LogP contribution >= 0.6 is 24.0 Å². The van der Waals surface area contributed by atoms with Crippen LogP contribution in [-0.4, -0.2) is 39.4 Å². The molecule has 0 fully saturated rings. The Bertz CT molecular complexity index is 769. The summed E-state index contributed by atoms with van der Waals surface area (Å²) in [6, 6.07) is 10.7. The van der Waals surface area contributed by atoms with Crippen LogP contribution in [0.15, 0.2) is 41.4 Å². The zero-order valence-electron chi connectivity index (χ0n) is 15.9. The minimum absolute atomic E-state index is 0. The number of halogens is 1. The molecular formula is C19H26IN3O4. The summed E-state index contributed by atoms with van der Waals surface area (Å²) in [5.74, 6) is 2.96. The molecule has 0 bridgehead atoms. The van der Waals surface area contributed by atoms with Crippen LogP contribution in [-0.2, 0) is 13.1 Å². The van der Waals surface area contributed by atoms with Crippen LogP contribution in [0.1, 0.15) is 11.1 Å². The molecule has 2 rings (SSSR count). The van der Waals surface area contributed by atoms with Gasteiger partial charge in [0, 0.05) is 37.3 Å². The quantitative estimate of drug-likeness (QED) is 0.317. The predicted molar refractivity (Wildman–Crippen MR) is 117 cm³/mol. The molecule has 0 atom stereocenters. The summed E-state index contributed by atoms with van der Waals surface area (Å²) in [6.45, 7) is 0.930. The maximum atomic E-state index is 9.96. The lowest BCUT2D eigenvalue weighted by Crippen LogP contribution is -2.36. The van der Waals surface area contributed by atoms with Gasteiger partial charge in [-0.1, -0.05) is 0 Å². The van der Waals surface area contributed by atoms with Gasteiger partial charge < -0.3 is 30.0 Å². The highest BCUT2D eigenvalue weighted by Gasteiger charge is 2.08. The number of nitrogens with zero attached hydrogens (tertiary/aromatic N) is 1. The van der Waals surface area contributed by atoms with E-state index in [1.165, 1.54) is 0 Å². The van der Waals surface area contributed by atoms with E-state index in [2.05, 4.69) is 15.6 Å². The number of hydrogen-bond acceptors (Lipinski definition) is 5. The van der Waals surface area contributed by atoms with Crippen molar-refractivity contribution < 1.29 is 19.3 Å². The average molecular weight is 487 g/mol. The van der Waals surface area contributed by atoms with Gasteiger partial charge in [0.25, 0.3) is 0 Å². The van der Waals surface area contributed by atoms with Gasteiger partial charge in [-0.15, -0.1) is 24.0 Å². The molecule has 0 amide bonds. The Hall–Kier alpha value is -2.36. The smallest absolute Gasteiger partial charge is 0.191 e. The molecule has 0 saturated carbocycles. The highest BCUT2D eigenvalue weighted by Crippen LogP contribution is 2.24. The molecule has 7 nitrogen and oxygen atoms in total. The lowest BCUT2D eigenvalue weighted by atomic mass is 10.2. The second-order valence-electron chi connectivity index (χ2n) is 5.45. The standard InChI is InChI=1S/C19H25N3O4.HI/c1-20-19(22-12-14-9-15(24-2)7-8-17(14)23)21-11-13-5-6-16(25-3)10-18(13)26-4;/h5-10,23H,11-12H2,1-4H3,(H2,20,21,22);1H. The monoisotopic (exact) mass is 487 g/mol. The van der Waals surface area contributed by atoms with Crippen molar-refractivity contribution in [2.75, 3.05) is 28.4 Å². The molecule has 0 unspecified atom stereocenters. The number of nitrogens with one attached hydrogen (secondary N) is 2. The third-order valence-electron chi connectivity index (χ3n) is 3.90. The molecule has 0 aliphatic heterocycles. The molecule has 148 valence electrons. The van der Waals surface area contributed by atoms with Gasteiger partial charge >= 0.3 is 0 Å². The Kier molecular flexibility index (Phi) is 9.55. The van der Waals surface area contributed by atoms with Crippen LogP contribution < -0.4 is 24.8 Å². The molecule has 0 heterocycles. The molecule has 8 heteroatoms. The largest absolute Gasteiger partial charge is 0.508 e. The lowest BCUT2D eigenvalue weighted by molar-refractivity contribution is 0.390. The molecule has 3 N–H and O–H groups in total. The van der Waals surface area contributed by atoms with Gasteiger partial charge in [0.2, 0.25) is 0 Å². The lowest BCUT2D eigenvalue weighted by Gasteiger charge is -2.15. The maximum Gasteiger partial charge on any atom is 0.191 e. The van der Waals surface area contributed by atoms with Crippen molar-refractivity contribution in [2.45, 2.75) is 13.1 Å². The van der Waals surface area contributed by atoms with Crippen LogP contribution in [0.2, 0.25) is 0 Å². The first-order valence-electron chi connectivity index (χ1n) is 8.12. The SMILES string of the molecule is CN=C(NCc1cc(OC)ccc1O)NCc1ccc(OC)cc1OC.I. The summed E-state index contributed by atoms with van der Waals surface area (Å²) in [4.78, 5) is 4.20. The second-order valence-corrected chi connectivity index (χ2v) is 5.45. The van der Waals surface area contributed by atoms with Crippen molar-refractivity contribution in [1.29, 1.82) is 0 Å². The van der Waals surface area contributed by atoms with Crippen LogP contribution in [0.4, 0.5) is 0 Å². The normalized spacial score (nSPS) is 10.6. The van der Waals surface area contributed by atoms with Crippen molar-refractivity contribution in [2.24, 2.45) is 4.99 Å². The molecule has 0 spiro atoms. The third kappa shape index (κ3) is 6.38. The van der Waals surface area contributed by atoms with E-state index in [0.717, 1.165) is 17.1 Å². The number of ether oxygens (including phenoxy) is 3. The fourth-order valence-corrected chi connectivity index (χ4v) is 2.41. The number of phenolic OH excluding ortho intramolecular Hbond substituents is 1. The molecule has 2 aromatic rings. The number of aliphatic imine (C=N–C) groups is 1. The van der Waals surface area contributed by atoms with Gasteiger partial charge in [-0.3, -0.25) is 4.99 Å². The molecular weight excluding hydrogens is 461 g/mol. The van der Waals surface area contributed by atoms with Gasteiger partial charge in [-0.2, -0.15) is 0 Å². The number of phenols is 1. The Morgan fingerprint density at radius 2 is 1.48 bits per heavy atom. The first-order chi connectivity index (χ1) is 12.6. The van der Waals surface area contributed by atoms with E-state index >= 15 is 0 Å². The van der Waals surface area contributed by atoms with Crippen LogP contribution in [0.5, 0.6) is 23.0 Å². The van der Waals surface area contributed by atoms with Crippen molar-refractivity contribution in [3.63, 3.8) is 0 Å². The fraction of sp³-hybridized carbons (Fsp3) is 0.316. The first-order valence-corrected chi connectivity index (χ1v) is 8.12. The molecule has 0 aromatic heterocycles. The molecule has 0 aliphatic carbocycles. The van der Waals surface area contributed by atoms with E-state index in [1.807, 2.05) is 18.2 Å². The molecule has 0 aliphatic rings. The van der Waals surface area contributed by atoms with Gasteiger partial charge in [0.05, 0.1) is 21.3 Å². The van der Waals surface area contributed by atoms with Crippen LogP contribution in [0, 0.1) is 0 Å². The van der Waals surface area contributed by atoms with E-state index in [9.17, 15) is 5.11 Å². The zero-order chi connectivity index (χ0) is 18.9. The molecule has 0 saturated heterocycles. The minimum Gasteiger partial charge on any atom is -0.508 e. The number of guanidine groups is 1. The summed E-state index contributed by atoms with van der Waals surface area (Å²) >= 11 is 0. The third-order valence-corrected chi connectivity index (χ3v) is 3.90. The second kappa shape index (κ2) is 11.4. The van der Waals surface area contributed by atoms with E-state index in [-0.39, 0.29) is 29.7 Å². The number of benzene rings is 2.